The normalized spacial score (nSPS) is 31.0. The third-order valence-corrected chi connectivity index (χ3v) is 3.92. The summed E-state index contributed by atoms with van der Waals surface area (Å²) in [5, 5.41) is 0. The van der Waals surface area contributed by atoms with Gasteiger partial charge in [-0.3, -0.25) is 0 Å². The molecule has 1 rings (SSSR count). The van der Waals surface area contributed by atoms with Crippen LogP contribution in [0, 0.1) is 16.7 Å². The molecule has 0 N–H and O–H groups in total. The molecule has 0 atom stereocenters. The van der Waals surface area contributed by atoms with Crippen LogP contribution in [0.5, 0.6) is 0 Å². The van der Waals surface area contributed by atoms with Crippen LogP contribution in [0.25, 0.3) is 0 Å². The highest BCUT2D eigenvalue weighted by atomic mass is 16.5. The maximum Gasteiger partial charge on any atom is 0.0681 e. The lowest BCUT2D eigenvalue weighted by molar-refractivity contribution is -0.125. The zero-order chi connectivity index (χ0) is 13.3. The van der Waals surface area contributed by atoms with Gasteiger partial charge in [0.1, 0.15) is 0 Å². The van der Waals surface area contributed by atoms with Crippen LogP contribution in [0.1, 0.15) is 61.3 Å². The van der Waals surface area contributed by atoms with Gasteiger partial charge in [-0.2, -0.15) is 0 Å². The van der Waals surface area contributed by atoms with Crippen molar-refractivity contribution in [2.24, 2.45) is 16.7 Å². The van der Waals surface area contributed by atoms with E-state index in [9.17, 15) is 0 Å². The summed E-state index contributed by atoms with van der Waals surface area (Å²) < 4.78 is 6.20. The minimum absolute atomic E-state index is 0.288. The van der Waals surface area contributed by atoms with E-state index >= 15 is 0 Å². The maximum atomic E-state index is 6.20. The van der Waals surface area contributed by atoms with Crippen LogP contribution in [0.2, 0.25) is 0 Å². The van der Waals surface area contributed by atoms with Gasteiger partial charge in [-0.15, -0.1) is 0 Å². The van der Waals surface area contributed by atoms with Crippen molar-refractivity contribution in [2.45, 2.75) is 67.4 Å². The van der Waals surface area contributed by atoms with Crippen LogP contribution in [0.15, 0.2) is 11.6 Å². The SMILES string of the molecule is CC(C)=CCOC1C(C)(C)CC(C)CC1(C)C. The molecule has 0 unspecified atom stereocenters. The fraction of sp³-hybridized carbons (Fsp3) is 0.875. The summed E-state index contributed by atoms with van der Waals surface area (Å²) in [7, 11) is 0. The molecule has 0 aromatic rings. The van der Waals surface area contributed by atoms with E-state index in [4.69, 9.17) is 4.74 Å². The average molecular weight is 238 g/mol. The highest BCUT2D eigenvalue weighted by Gasteiger charge is 2.46. The highest BCUT2D eigenvalue weighted by molar-refractivity contribution is 4.98. The molecule has 1 saturated carbocycles. The Kier molecular flexibility index (Phi) is 4.46. The van der Waals surface area contributed by atoms with E-state index in [2.05, 4.69) is 54.5 Å². The Balaban J connectivity index is 2.75. The van der Waals surface area contributed by atoms with Gasteiger partial charge in [0.15, 0.2) is 0 Å². The number of hydrogen-bond acceptors (Lipinski definition) is 1. The Morgan fingerprint density at radius 3 is 2.00 bits per heavy atom. The van der Waals surface area contributed by atoms with Gasteiger partial charge >= 0.3 is 0 Å². The maximum absolute atomic E-state index is 6.20. The number of rotatable bonds is 3. The molecule has 17 heavy (non-hydrogen) atoms. The summed E-state index contributed by atoms with van der Waals surface area (Å²) in [6.45, 7) is 16.8. The summed E-state index contributed by atoms with van der Waals surface area (Å²) in [6.07, 6.45) is 5.09. The van der Waals surface area contributed by atoms with Crippen molar-refractivity contribution < 1.29 is 4.74 Å². The van der Waals surface area contributed by atoms with Crippen molar-refractivity contribution in [1.29, 1.82) is 0 Å². The third-order valence-electron chi connectivity index (χ3n) is 3.92. The minimum Gasteiger partial charge on any atom is -0.373 e. The summed E-state index contributed by atoms with van der Waals surface area (Å²) in [6, 6.07) is 0. The largest absolute Gasteiger partial charge is 0.373 e. The van der Waals surface area contributed by atoms with E-state index in [1.165, 1.54) is 18.4 Å². The molecular formula is C16H30O. The first kappa shape index (κ1) is 14.8. The van der Waals surface area contributed by atoms with Crippen LogP contribution in [0.3, 0.4) is 0 Å². The van der Waals surface area contributed by atoms with Gasteiger partial charge in [-0.05, 0) is 43.4 Å². The highest BCUT2D eigenvalue weighted by Crippen LogP contribution is 2.49. The fourth-order valence-corrected chi connectivity index (χ4v) is 3.90. The van der Waals surface area contributed by atoms with Crippen LogP contribution < -0.4 is 0 Å². The van der Waals surface area contributed by atoms with Gasteiger partial charge in [-0.1, -0.05) is 46.3 Å². The van der Waals surface area contributed by atoms with Gasteiger partial charge in [0, 0.05) is 0 Å². The Morgan fingerprint density at radius 2 is 1.59 bits per heavy atom. The molecule has 0 amide bonds. The van der Waals surface area contributed by atoms with Crippen LogP contribution >= 0.6 is 0 Å². The lowest BCUT2D eigenvalue weighted by Crippen LogP contribution is -2.49. The second-order valence-corrected chi connectivity index (χ2v) is 7.49. The monoisotopic (exact) mass is 238 g/mol. The lowest BCUT2D eigenvalue weighted by Gasteiger charge is -2.51. The van der Waals surface area contributed by atoms with Crippen molar-refractivity contribution in [3.63, 3.8) is 0 Å². The first-order valence-corrected chi connectivity index (χ1v) is 6.90. The first-order valence-electron chi connectivity index (χ1n) is 6.90. The molecule has 1 heteroatoms. The summed E-state index contributed by atoms with van der Waals surface area (Å²) in [5.74, 6) is 0.809. The first-order chi connectivity index (χ1) is 7.65. The molecule has 0 radical (unpaired) electrons. The van der Waals surface area contributed by atoms with Crippen molar-refractivity contribution in [3.05, 3.63) is 11.6 Å². The zero-order valence-corrected chi connectivity index (χ0v) is 12.8. The Morgan fingerprint density at radius 1 is 1.12 bits per heavy atom. The third kappa shape index (κ3) is 3.84. The summed E-state index contributed by atoms with van der Waals surface area (Å²) >= 11 is 0. The Labute approximate surface area is 108 Å². The molecule has 0 heterocycles. The fourth-order valence-electron chi connectivity index (χ4n) is 3.90. The molecule has 1 fully saturated rings. The van der Waals surface area contributed by atoms with Crippen LogP contribution in [0.4, 0.5) is 0 Å². The number of hydrogen-bond donors (Lipinski definition) is 0. The second-order valence-electron chi connectivity index (χ2n) is 7.49. The molecule has 0 aromatic carbocycles. The predicted molar refractivity (Wildman–Crippen MR) is 75.1 cm³/mol. The quantitative estimate of drug-likeness (QED) is 0.640. The van der Waals surface area contributed by atoms with E-state index < -0.39 is 0 Å². The average Bonchev–Trinajstić information content (AvgIpc) is 2.06. The minimum atomic E-state index is 0.288. The molecule has 1 aliphatic carbocycles. The lowest BCUT2D eigenvalue weighted by atomic mass is 9.59. The van der Waals surface area contributed by atoms with E-state index in [-0.39, 0.29) is 10.8 Å². The Hall–Kier alpha value is -0.300. The number of ether oxygens (including phenoxy) is 1. The topological polar surface area (TPSA) is 9.23 Å². The summed E-state index contributed by atoms with van der Waals surface area (Å²) in [5.41, 5.74) is 1.91. The molecule has 1 aliphatic rings. The van der Waals surface area contributed by atoms with Crippen molar-refractivity contribution in [3.8, 4) is 0 Å². The smallest absolute Gasteiger partial charge is 0.0681 e. The predicted octanol–water partition coefficient (Wildman–Crippen LogP) is 4.82. The number of allylic oxidation sites excluding steroid dienone is 1. The van der Waals surface area contributed by atoms with Gasteiger partial charge in [0.25, 0.3) is 0 Å². The van der Waals surface area contributed by atoms with E-state index in [1.54, 1.807) is 0 Å². The van der Waals surface area contributed by atoms with Gasteiger partial charge in [0.2, 0.25) is 0 Å². The van der Waals surface area contributed by atoms with E-state index in [0.29, 0.717) is 6.10 Å². The second kappa shape index (κ2) is 5.14. The molecular weight excluding hydrogens is 208 g/mol. The molecule has 0 bridgehead atoms. The summed E-state index contributed by atoms with van der Waals surface area (Å²) in [4.78, 5) is 0. The molecule has 1 nitrogen and oxygen atoms in total. The molecule has 0 spiro atoms. The standard InChI is InChI=1S/C16H30O/c1-12(2)8-9-17-14-15(4,5)10-13(3)11-16(14,6)7/h8,13-14H,9-11H2,1-7H3. The molecule has 0 aliphatic heterocycles. The zero-order valence-electron chi connectivity index (χ0n) is 12.8. The molecule has 0 saturated heterocycles. The van der Waals surface area contributed by atoms with Gasteiger partial charge in [-0.25, -0.2) is 0 Å². The van der Waals surface area contributed by atoms with Gasteiger partial charge in [0.05, 0.1) is 12.7 Å². The molecule has 0 aromatic heterocycles. The van der Waals surface area contributed by atoms with Crippen molar-refractivity contribution in [1.82, 2.24) is 0 Å². The Bertz CT molecular complexity index is 264. The van der Waals surface area contributed by atoms with Gasteiger partial charge < -0.3 is 4.74 Å². The van der Waals surface area contributed by atoms with Crippen LogP contribution in [-0.4, -0.2) is 12.7 Å². The van der Waals surface area contributed by atoms with E-state index in [1.807, 2.05) is 0 Å². The van der Waals surface area contributed by atoms with Crippen molar-refractivity contribution >= 4 is 0 Å². The van der Waals surface area contributed by atoms with Crippen LogP contribution in [-0.2, 0) is 4.74 Å². The van der Waals surface area contributed by atoms with E-state index in [0.717, 1.165) is 12.5 Å². The van der Waals surface area contributed by atoms with Crippen molar-refractivity contribution in [2.75, 3.05) is 6.61 Å². The molecule has 100 valence electrons.